The zero-order chi connectivity index (χ0) is 17.6. The van der Waals surface area contributed by atoms with Crippen molar-refractivity contribution in [1.29, 1.82) is 0 Å². The van der Waals surface area contributed by atoms with E-state index in [2.05, 4.69) is 18.2 Å². The van der Waals surface area contributed by atoms with Crippen LogP contribution in [0.25, 0.3) is 0 Å². The Morgan fingerprint density at radius 2 is 1.67 bits per heavy atom. The Morgan fingerprint density at radius 3 is 2.33 bits per heavy atom. The monoisotopic (exact) mass is 330 g/mol. The smallest absolute Gasteiger partial charge is 0.339 e. The summed E-state index contributed by atoms with van der Waals surface area (Å²) in [5.74, 6) is -1.23. The van der Waals surface area contributed by atoms with Crippen LogP contribution in [0, 0.1) is 0 Å². The second kappa shape index (κ2) is 12.4. The third kappa shape index (κ3) is 8.56. The van der Waals surface area contributed by atoms with E-state index in [1.165, 1.54) is 44.6 Å². The van der Waals surface area contributed by atoms with Crippen LogP contribution in [0.4, 0.5) is 0 Å². The third-order valence-electron chi connectivity index (χ3n) is 4.07. The molecule has 0 heterocycles. The summed E-state index contributed by atoms with van der Waals surface area (Å²) >= 11 is 0. The van der Waals surface area contributed by atoms with Gasteiger partial charge >= 0.3 is 5.97 Å². The molecule has 0 aromatic heterocycles. The van der Waals surface area contributed by atoms with E-state index in [9.17, 15) is 9.90 Å². The fourth-order valence-electron chi connectivity index (χ4n) is 2.67. The molecule has 0 spiro atoms. The quantitative estimate of drug-likeness (QED) is 0.371. The van der Waals surface area contributed by atoms with E-state index in [1.54, 1.807) is 6.07 Å². The summed E-state index contributed by atoms with van der Waals surface area (Å²) in [7, 11) is 0. The van der Waals surface area contributed by atoms with Gasteiger partial charge in [0.15, 0.2) is 0 Å². The van der Waals surface area contributed by atoms with Crippen molar-refractivity contribution in [3.05, 3.63) is 53.6 Å². The number of aromatic hydroxyl groups is 1. The molecule has 0 atom stereocenters. The highest BCUT2D eigenvalue weighted by molar-refractivity contribution is 5.90. The van der Waals surface area contributed by atoms with Crippen molar-refractivity contribution in [3.8, 4) is 5.75 Å². The Balaban J connectivity index is 2.06. The van der Waals surface area contributed by atoms with Gasteiger partial charge in [-0.1, -0.05) is 62.5 Å². The van der Waals surface area contributed by atoms with Crippen molar-refractivity contribution in [3.63, 3.8) is 0 Å². The number of aryl methyl sites for hydroxylation is 1. The van der Waals surface area contributed by atoms with E-state index in [1.807, 2.05) is 19.1 Å². The summed E-state index contributed by atoms with van der Waals surface area (Å²) in [6.07, 6.45) is 19.1. The van der Waals surface area contributed by atoms with Crippen molar-refractivity contribution in [2.24, 2.45) is 0 Å². The van der Waals surface area contributed by atoms with Crippen LogP contribution in [0.15, 0.2) is 42.5 Å². The summed E-state index contributed by atoms with van der Waals surface area (Å²) < 4.78 is 0. The fourth-order valence-corrected chi connectivity index (χ4v) is 2.67. The van der Waals surface area contributed by atoms with Gasteiger partial charge in [0.25, 0.3) is 0 Å². The number of allylic oxidation sites excluding steroid dienone is 4. The molecule has 0 fully saturated rings. The van der Waals surface area contributed by atoms with Crippen LogP contribution in [0.1, 0.15) is 74.2 Å². The van der Waals surface area contributed by atoms with Crippen molar-refractivity contribution in [1.82, 2.24) is 0 Å². The highest BCUT2D eigenvalue weighted by Gasteiger charge is 2.09. The van der Waals surface area contributed by atoms with Gasteiger partial charge in [-0.05, 0) is 50.3 Å². The van der Waals surface area contributed by atoms with Crippen molar-refractivity contribution < 1.29 is 15.0 Å². The number of carbonyl (C=O) groups is 1. The number of benzene rings is 1. The number of aromatic carboxylic acids is 1. The maximum Gasteiger partial charge on any atom is 0.339 e. The van der Waals surface area contributed by atoms with Crippen molar-refractivity contribution in [2.75, 3.05) is 0 Å². The van der Waals surface area contributed by atoms with E-state index < -0.39 is 5.97 Å². The molecule has 0 saturated carbocycles. The molecule has 0 saturated heterocycles. The SMILES string of the molecule is CC=CC=CCCCCCCCCCc1ccc(O)c(C(=O)O)c1. The largest absolute Gasteiger partial charge is 0.507 e. The average Bonchev–Trinajstić information content (AvgIpc) is 2.57. The van der Waals surface area contributed by atoms with Crippen LogP contribution >= 0.6 is 0 Å². The van der Waals surface area contributed by atoms with E-state index in [0.717, 1.165) is 24.8 Å². The third-order valence-corrected chi connectivity index (χ3v) is 4.07. The maximum atomic E-state index is 11.0. The summed E-state index contributed by atoms with van der Waals surface area (Å²) in [5, 5.41) is 18.5. The highest BCUT2D eigenvalue weighted by atomic mass is 16.4. The van der Waals surface area contributed by atoms with Crippen molar-refractivity contribution >= 4 is 5.97 Å². The Hall–Kier alpha value is -2.03. The molecule has 0 unspecified atom stereocenters. The molecule has 0 amide bonds. The van der Waals surface area contributed by atoms with Gasteiger partial charge in [-0.25, -0.2) is 4.79 Å². The average molecular weight is 330 g/mol. The Labute approximate surface area is 145 Å². The zero-order valence-electron chi connectivity index (χ0n) is 14.7. The second-order valence-corrected chi connectivity index (χ2v) is 6.12. The van der Waals surface area contributed by atoms with E-state index in [-0.39, 0.29) is 11.3 Å². The molecule has 0 aliphatic carbocycles. The lowest BCUT2D eigenvalue weighted by Crippen LogP contribution is -1.98. The first-order valence-corrected chi connectivity index (χ1v) is 8.98. The first-order chi connectivity index (χ1) is 11.6. The van der Waals surface area contributed by atoms with Gasteiger partial charge in [-0.15, -0.1) is 0 Å². The predicted octanol–water partition coefficient (Wildman–Crippen LogP) is 5.89. The molecule has 1 aromatic rings. The topological polar surface area (TPSA) is 57.5 Å². The summed E-state index contributed by atoms with van der Waals surface area (Å²) in [5.41, 5.74) is 0.981. The molecule has 1 rings (SSSR count). The Kier molecular flexibility index (Phi) is 10.3. The molecule has 0 radical (unpaired) electrons. The first-order valence-electron chi connectivity index (χ1n) is 8.98. The molecule has 24 heavy (non-hydrogen) atoms. The fraction of sp³-hybridized carbons (Fsp3) is 0.476. The van der Waals surface area contributed by atoms with Gasteiger partial charge in [0.05, 0.1) is 0 Å². The molecule has 2 N–H and O–H groups in total. The van der Waals surface area contributed by atoms with Gasteiger partial charge < -0.3 is 10.2 Å². The number of carboxylic acids is 1. The van der Waals surface area contributed by atoms with Gasteiger partial charge in [-0.3, -0.25) is 0 Å². The Bertz CT molecular complexity index is 544. The van der Waals surface area contributed by atoms with Gasteiger partial charge in [0.2, 0.25) is 0 Å². The zero-order valence-corrected chi connectivity index (χ0v) is 14.7. The second-order valence-electron chi connectivity index (χ2n) is 6.12. The molecule has 132 valence electrons. The minimum Gasteiger partial charge on any atom is -0.507 e. The van der Waals surface area contributed by atoms with E-state index >= 15 is 0 Å². The number of rotatable bonds is 12. The van der Waals surface area contributed by atoms with Crippen LogP contribution in [0.3, 0.4) is 0 Å². The summed E-state index contributed by atoms with van der Waals surface area (Å²) in [6, 6.07) is 4.87. The molecular weight excluding hydrogens is 300 g/mol. The Morgan fingerprint density at radius 1 is 1.00 bits per heavy atom. The number of carboxylic acid groups (broad SMARTS) is 1. The minimum atomic E-state index is -1.07. The standard InChI is InChI=1S/C21H30O3/c1-2-3-4-5-6-7-8-9-10-11-12-13-14-18-15-16-20(22)19(17-18)21(23)24/h2-5,15-17,22H,6-14H2,1H3,(H,23,24). The lowest BCUT2D eigenvalue weighted by Gasteiger charge is -2.05. The van der Waals surface area contributed by atoms with Gasteiger partial charge in [0.1, 0.15) is 11.3 Å². The van der Waals surface area contributed by atoms with E-state index in [0.29, 0.717) is 0 Å². The number of unbranched alkanes of at least 4 members (excludes halogenated alkanes) is 7. The first kappa shape index (κ1) is 20.0. The molecule has 3 heteroatoms. The number of phenols is 1. The molecule has 1 aromatic carbocycles. The van der Waals surface area contributed by atoms with Crippen LogP contribution < -0.4 is 0 Å². The van der Waals surface area contributed by atoms with Crippen molar-refractivity contribution in [2.45, 2.75) is 64.7 Å². The van der Waals surface area contributed by atoms with Gasteiger partial charge in [-0.2, -0.15) is 0 Å². The van der Waals surface area contributed by atoms with Crippen LogP contribution in [0.2, 0.25) is 0 Å². The van der Waals surface area contributed by atoms with Crippen LogP contribution in [-0.2, 0) is 6.42 Å². The van der Waals surface area contributed by atoms with E-state index in [4.69, 9.17) is 5.11 Å². The lowest BCUT2D eigenvalue weighted by atomic mass is 10.0. The molecule has 0 bridgehead atoms. The summed E-state index contributed by atoms with van der Waals surface area (Å²) in [6.45, 7) is 2.02. The molecule has 3 nitrogen and oxygen atoms in total. The van der Waals surface area contributed by atoms with Gasteiger partial charge in [0, 0.05) is 0 Å². The van der Waals surface area contributed by atoms with Crippen LogP contribution in [0.5, 0.6) is 5.75 Å². The normalized spacial score (nSPS) is 11.5. The number of hydrogen-bond donors (Lipinski definition) is 2. The summed E-state index contributed by atoms with van der Waals surface area (Å²) in [4.78, 5) is 11.0. The number of hydrogen-bond acceptors (Lipinski definition) is 2. The molecule has 0 aliphatic rings. The maximum absolute atomic E-state index is 11.0. The minimum absolute atomic E-state index is 0.00373. The lowest BCUT2D eigenvalue weighted by molar-refractivity contribution is 0.0693. The highest BCUT2D eigenvalue weighted by Crippen LogP contribution is 2.20. The van der Waals surface area contributed by atoms with Crippen LogP contribution in [-0.4, -0.2) is 16.2 Å². The predicted molar refractivity (Wildman–Crippen MR) is 99.7 cm³/mol. The molecular formula is C21H30O3. The molecule has 0 aliphatic heterocycles.